The minimum Gasteiger partial charge on any atom is -0.394 e. The summed E-state index contributed by atoms with van der Waals surface area (Å²) in [5, 5.41) is 9.38. The summed E-state index contributed by atoms with van der Waals surface area (Å²) >= 11 is 0. The van der Waals surface area contributed by atoms with Crippen LogP contribution in [0.4, 0.5) is 0 Å². The molecular formula is C23H28N4O3. The number of nitrogens with one attached hydrogen (secondary N) is 1. The summed E-state index contributed by atoms with van der Waals surface area (Å²) in [6, 6.07) is 15.7. The number of fused-ring (bicyclic) bond motifs is 1. The van der Waals surface area contributed by atoms with Crippen LogP contribution in [0.5, 0.6) is 0 Å². The first-order chi connectivity index (χ1) is 14.7. The maximum atomic E-state index is 12.5. The van der Waals surface area contributed by atoms with Gasteiger partial charge in [0.25, 0.3) is 5.56 Å². The quantitative estimate of drug-likeness (QED) is 0.553. The van der Waals surface area contributed by atoms with Crippen LogP contribution in [0.15, 0.2) is 53.3 Å². The molecule has 0 saturated carbocycles. The molecule has 2 aromatic carbocycles. The minimum atomic E-state index is -0.109. The van der Waals surface area contributed by atoms with Gasteiger partial charge in [-0.1, -0.05) is 36.4 Å². The van der Waals surface area contributed by atoms with Crippen LogP contribution in [-0.2, 0) is 11.3 Å². The summed E-state index contributed by atoms with van der Waals surface area (Å²) < 4.78 is 5.36. The molecule has 1 aromatic heterocycles. The molecule has 0 spiro atoms. The number of aliphatic hydroxyl groups excluding tert-OH is 1. The molecule has 1 aliphatic heterocycles. The van der Waals surface area contributed by atoms with Gasteiger partial charge in [0.2, 0.25) is 0 Å². The summed E-state index contributed by atoms with van der Waals surface area (Å²) in [6.07, 6.45) is 0. The lowest BCUT2D eigenvalue weighted by Crippen LogP contribution is -2.46. The van der Waals surface area contributed by atoms with Crippen LogP contribution in [-0.4, -0.2) is 77.4 Å². The number of hydrogen-bond acceptors (Lipinski definition) is 6. The molecule has 1 aliphatic rings. The molecule has 0 atom stereocenters. The average Bonchev–Trinajstić information content (AvgIpc) is 2.78. The van der Waals surface area contributed by atoms with Crippen LogP contribution >= 0.6 is 0 Å². The number of hydrogen-bond donors (Lipinski definition) is 2. The summed E-state index contributed by atoms with van der Waals surface area (Å²) in [5.41, 5.74) is 2.69. The highest BCUT2D eigenvalue weighted by molar-refractivity contribution is 5.80. The average molecular weight is 409 g/mol. The molecule has 30 heavy (non-hydrogen) atoms. The summed E-state index contributed by atoms with van der Waals surface area (Å²) in [5.74, 6) is 0.599. The molecule has 0 radical (unpaired) electrons. The van der Waals surface area contributed by atoms with Gasteiger partial charge in [0.1, 0.15) is 5.82 Å². The lowest BCUT2D eigenvalue weighted by molar-refractivity contribution is 0.0564. The fourth-order valence-electron chi connectivity index (χ4n) is 3.81. The van der Waals surface area contributed by atoms with E-state index in [9.17, 15) is 4.79 Å². The molecule has 7 nitrogen and oxygen atoms in total. The predicted molar refractivity (Wildman–Crippen MR) is 117 cm³/mol. The maximum absolute atomic E-state index is 12.5. The highest BCUT2D eigenvalue weighted by Crippen LogP contribution is 2.18. The number of rotatable bonds is 8. The zero-order valence-electron chi connectivity index (χ0n) is 17.1. The molecule has 2 heterocycles. The van der Waals surface area contributed by atoms with Crippen molar-refractivity contribution in [3.63, 3.8) is 0 Å². The standard InChI is InChI=1S/C23H28N4O3/c28-13-15-30-14-12-26-8-10-27(11-9-26)17-18-6-7-20-21(16-18)24-22(25-23(20)29)19-4-2-1-3-5-19/h1-7,16,28H,8-15,17H2,(H,24,25,29). The van der Waals surface area contributed by atoms with Crippen LogP contribution in [0.25, 0.3) is 22.3 Å². The second kappa shape index (κ2) is 9.95. The van der Waals surface area contributed by atoms with Crippen molar-refractivity contribution in [2.75, 3.05) is 52.5 Å². The minimum absolute atomic E-state index is 0.0765. The molecule has 3 aromatic rings. The van der Waals surface area contributed by atoms with Gasteiger partial charge in [0.05, 0.1) is 30.7 Å². The van der Waals surface area contributed by atoms with E-state index < -0.39 is 0 Å². The molecule has 0 unspecified atom stereocenters. The first kappa shape index (κ1) is 20.7. The number of benzene rings is 2. The van der Waals surface area contributed by atoms with E-state index in [4.69, 9.17) is 14.8 Å². The van der Waals surface area contributed by atoms with Crippen molar-refractivity contribution in [2.24, 2.45) is 0 Å². The Kier molecular flexibility index (Phi) is 6.86. The normalized spacial score (nSPS) is 15.6. The van der Waals surface area contributed by atoms with Gasteiger partial charge in [-0.2, -0.15) is 0 Å². The van der Waals surface area contributed by atoms with Gasteiger partial charge in [-0.3, -0.25) is 14.6 Å². The van der Waals surface area contributed by atoms with Gasteiger partial charge in [-0.05, 0) is 17.7 Å². The Labute approximate surface area is 175 Å². The zero-order chi connectivity index (χ0) is 20.8. The lowest BCUT2D eigenvalue weighted by Gasteiger charge is -2.34. The Morgan fingerprint density at radius 3 is 2.53 bits per heavy atom. The monoisotopic (exact) mass is 408 g/mol. The first-order valence-electron chi connectivity index (χ1n) is 10.4. The molecule has 0 bridgehead atoms. The van der Waals surface area contributed by atoms with Gasteiger partial charge in [0.15, 0.2) is 0 Å². The third kappa shape index (κ3) is 5.12. The van der Waals surface area contributed by atoms with Crippen molar-refractivity contribution < 1.29 is 9.84 Å². The van der Waals surface area contributed by atoms with Crippen molar-refractivity contribution in [3.8, 4) is 11.4 Å². The van der Waals surface area contributed by atoms with Crippen LogP contribution in [0.2, 0.25) is 0 Å². The van der Waals surface area contributed by atoms with Gasteiger partial charge in [-0.15, -0.1) is 0 Å². The number of aromatic nitrogens is 2. The lowest BCUT2D eigenvalue weighted by atomic mass is 10.1. The van der Waals surface area contributed by atoms with E-state index in [-0.39, 0.29) is 12.2 Å². The third-order valence-corrected chi connectivity index (χ3v) is 5.48. The third-order valence-electron chi connectivity index (χ3n) is 5.48. The Bertz CT molecular complexity index is 1010. The van der Waals surface area contributed by atoms with E-state index in [1.165, 1.54) is 5.56 Å². The second-order valence-corrected chi connectivity index (χ2v) is 7.59. The Balaban J connectivity index is 1.41. The Morgan fingerprint density at radius 1 is 1.00 bits per heavy atom. The topological polar surface area (TPSA) is 81.7 Å². The number of H-pyrrole nitrogens is 1. The molecular weight excluding hydrogens is 380 g/mol. The van der Waals surface area contributed by atoms with E-state index in [0.717, 1.165) is 50.3 Å². The summed E-state index contributed by atoms with van der Waals surface area (Å²) in [4.78, 5) is 24.9. The maximum Gasteiger partial charge on any atom is 0.259 e. The number of ether oxygens (including phenoxy) is 1. The van der Waals surface area contributed by atoms with Gasteiger partial charge < -0.3 is 14.8 Å². The largest absolute Gasteiger partial charge is 0.394 e. The van der Waals surface area contributed by atoms with Gasteiger partial charge in [-0.25, -0.2) is 4.98 Å². The van der Waals surface area contributed by atoms with Crippen LogP contribution in [0.3, 0.4) is 0 Å². The molecule has 0 amide bonds. The van der Waals surface area contributed by atoms with Gasteiger partial charge >= 0.3 is 0 Å². The highest BCUT2D eigenvalue weighted by Gasteiger charge is 2.17. The van der Waals surface area contributed by atoms with E-state index in [0.29, 0.717) is 24.4 Å². The highest BCUT2D eigenvalue weighted by atomic mass is 16.5. The SMILES string of the molecule is O=c1[nH]c(-c2ccccc2)nc2cc(CN3CCN(CCOCCO)CC3)ccc12. The number of aromatic amines is 1. The van der Waals surface area contributed by atoms with Crippen molar-refractivity contribution in [1.29, 1.82) is 0 Å². The van der Waals surface area contributed by atoms with E-state index in [1.54, 1.807) is 0 Å². The van der Waals surface area contributed by atoms with Crippen molar-refractivity contribution in [2.45, 2.75) is 6.54 Å². The smallest absolute Gasteiger partial charge is 0.259 e. The van der Waals surface area contributed by atoms with E-state index in [1.807, 2.05) is 48.5 Å². The molecule has 7 heteroatoms. The molecule has 1 saturated heterocycles. The van der Waals surface area contributed by atoms with Gasteiger partial charge in [0, 0.05) is 44.8 Å². The molecule has 2 N–H and O–H groups in total. The molecule has 0 aliphatic carbocycles. The van der Waals surface area contributed by atoms with E-state index >= 15 is 0 Å². The number of piperazine rings is 1. The van der Waals surface area contributed by atoms with Crippen LogP contribution in [0, 0.1) is 0 Å². The Morgan fingerprint density at radius 2 is 1.77 bits per heavy atom. The number of nitrogens with zero attached hydrogens (tertiary/aromatic N) is 3. The molecule has 158 valence electrons. The Hall–Kier alpha value is -2.58. The summed E-state index contributed by atoms with van der Waals surface area (Å²) in [6.45, 7) is 6.90. The van der Waals surface area contributed by atoms with Crippen LogP contribution in [0.1, 0.15) is 5.56 Å². The van der Waals surface area contributed by atoms with Crippen molar-refractivity contribution in [3.05, 3.63) is 64.4 Å². The zero-order valence-corrected chi connectivity index (χ0v) is 17.1. The van der Waals surface area contributed by atoms with Crippen molar-refractivity contribution >= 4 is 10.9 Å². The second-order valence-electron chi connectivity index (χ2n) is 7.59. The summed E-state index contributed by atoms with van der Waals surface area (Å²) in [7, 11) is 0. The van der Waals surface area contributed by atoms with Crippen molar-refractivity contribution in [1.82, 2.24) is 19.8 Å². The fraction of sp³-hybridized carbons (Fsp3) is 0.391. The first-order valence-corrected chi connectivity index (χ1v) is 10.4. The van der Waals surface area contributed by atoms with E-state index in [2.05, 4.69) is 14.8 Å². The number of aliphatic hydroxyl groups is 1. The predicted octanol–water partition coefficient (Wildman–Crippen LogP) is 1.72. The molecule has 4 rings (SSSR count). The van der Waals surface area contributed by atoms with Crippen LogP contribution < -0.4 is 5.56 Å². The fourth-order valence-corrected chi connectivity index (χ4v) is 3.81. The molecule has 1 fully saturated rings.